The first-order chi connectivity index (χ1) is 11.9. The van der Waals surface area contributed by atoms with E-state index < -0.39 is 18.0 Å². The van der Waals surface area contributed by atoms with Crippen LogP contribution in [-0.2, 0) is 17.7 Å². The highest BCUT2D eigenvalue weighted by molar-refractivity contribution is 6.31. The monoisotopic (exact) mass is 365 g/mol. The summed E-state index contributed by atoms with van der Waals surface area (Å²) in [7, 11) is 0. The van der Waals surface area contributed by atoms with Gasteiger partial charge in [-0.2, -0.15) is 0 Å². The van der Waals surface area contributed by atoms with E-state index in [1.54, 1.807) is 4.57 Å². The van der Waals surface area contributed by atoms with Gasteiger partial charge >= 0.3 is 6.09 Å². The topological polar surface area (TPSA) is 86.3 Å². The number of benzene rings is 1. The lowest BCUT2D eigenvalue weighted by Gasteiger charge is -2.11. The SMILES string of the molecule is CCn1cc2c(c1C(=O)Nc1ccc(F)c(Cl)c1)CCC2OC(N)=O. The zero-order valence-electron chi connectivity index (χ0n) is 13.5. The van der Waals surface area contributed by atoms with Gasteiger partial charge in [-0.05, 0) is 43.5 Å². The number of anilines is 1. The van der Waals surface area contributed by atoms with Gasteiger partial charge in [-0.3, -0.25) is 4.79 Å². The average molecular weight is 366 g/mol. The lowest BCUT2D eigenvalue weighted by atomic mass is 10.1. The number of ether oxygens (including phenoxy) is 1. The number of halogens is 2. The summed E-state index contributed by atoms with van der Waals surface area (Å²) in [5.41, 5.74) is 7.63. The maximum absolute atomic E-state index is 13.3. The highest BCUT2D eigenvalue weighted by Crippen LogP contribution is 2.37. The van der Waals surface area contributed by atoms with Crippen molar-refractivity contribution < 1.29 is 18.7 Å². The van der Waals surface area contributed by atoms with Crippen LogP contribution in [0.3, 0.4) is 0 Å². The van der Waals surface area contributed by atoms with E-state index in [1.165, 1.54) is 18.2 Å². The van der Waals surface area contributed by atoms with E-state index in [0.29, 0.717) is 30.8 Å². The van der Waals surface area contributed by atoms with Crippen molar-refractivity contribution in [2.75, 3.05) is 5.32 Å². The van der Waals surface area contributed by atoms with Crippen molar-refractivity contribution in [2.24, 2.45) is 5.73 Å². The van der Waals surface area contributed by atoms with Gasteiger partial charge in [-0.15, -0.1) is 0 Å². The maximum Gasteiger partial charge on any atom is 0.405 e. The zero-order chi connectivity index (χ0) is 18.1. The van der Waals surface area contributed by atoms with Gasteiger partial charge in [-0.25, -0.2) is 9.18 Å². The Hall–Kier alpha value is -2.54. The van der Waals surface area contributed by atoms with E-state index in [0.717, 1.165) is 11.1 Å². The van der Waals surface area contributed by atoms with Crippen molar-refractivity contribution >= 4 is 29.3 Å². The van der Waals surface area contributed by atoms with Crippen LogP contribution in [0.5, 0.6) is 0 Å². The molecule has 132 valence electrons. The molecule has 0 saturated heterocycles. The summed E-state index contributed by atoms with van der Waals surface area (Å²) in [6.45, 7) is 2.48. The number of nitrogens with one attached hydrogen (secondary N) is 1. The number of primary amides is 1. The molecule has 0 saturated carbocycles. The van der Waals surface area contributed by atoms with Crippen LogP contribution in [0.1, 0.15) is 41.1 Å². The molecule has 0 spiro atoms. The molecule has 25 heavy (non-hydrogen) atoms. The third-order valence-electron chi connectivity index (χ3n) is 4.21. The van der Waals surface area contributed by atoms with Gasteiger partial charge in [0.25, 0.3) is 5.91 Å². The molecule has 6 nitrogen and oxygen atoms in total. The number of aromatic nitrogens is 1. The number of hydrogen-bond acceptors (Lipinski definition) is 3. The van der Waals surface area contributed by atoms with Crippen LogP contribution >= 0.6 is 11.6 Å². The molecular weight excluding hydrogens is 349 g/mol. The van der Waals surface area contributed by atoms with Crippen molar-refractivity contribution in [2.45, 2.75) is 32.4 Å². The lowest BCUT2D eigenvalue weighted by Crippen LogP contribution is -2.18. The largest absolute Gasteiger partial charge is 0.441 e. The summed E-state index contributed by atoms with van der Waals surface area (Å²) < 4.78 is 20.2. The lowest BCUT2D eigenvalue weighted by molar-refractivity contribution is 0.101. The van der Waals surface area contributed by atoms with Crippen LogP contribution in [0.25, 0.3) is 0 Å². The maximum atomic E-state index is 13.3. The molecule has 1 aromatic heterocycles. The Bertz CT molecular complexity index is 850. The van der Waals surface area contributed by atoms with Crippen LogP contribution in [0.15, 0.2) is 24.4 Å². The molecule has 0 bridgehead atoms. The first-order valence-corrected chi connectivity index (χ1v) is 8.23. The molecule has 1 atom stereocenters. The number of aryl methyl sites for hydroxylation is 1. The van der Waals surface area contributed by atoms with E-state index in [9.17, 15) is 14.0 Å². The summed E-state index contributed by atoms with van der Waals surface area (Å²) in [5.74, 6) is -0.880. The quantitative estimate of drug-likeness (QED) is 0.867. The number of hydrogen-bond donors (Lipinski definition) is 2. The number of amides is 2. The Morgan fingerprint density at radius 2 is 2.24 bits per heavy atom. The van der Waals surface area contributed by atoms with Crippen LogP contribution in [0.2, 0.25) is 5.02 Å². The van der Waals surface area contributed by atoms with E-state index in [-0.39, 0.29) is 10.9 Å². The number of rotatable bonds is 4. The fourth-order valence-corrected chi connectivity index (χ4v) is 3.32. The van der Waals surface area contributed by atoms with Gasteiger partial charge < -0.3 is 20.4 Å². The van der Waals surface area contributed by atoms with Gasteiger partial charge in [0, 0.05) is 24.0 Å². The smallest absolute Gasteiger partial charge is 0.405 e. The molecule has 8 heteroatoms. The third kappa shape index (κ3) is 3.32. The predicted molar refractivity (Wildman–Crippen MR) is 91.2 cm³/mol. The molecule has 1 aliphatic carbocycles. The Labute approximate surface area is 148 Å². The van der Waals surface area contributed by atoms with Gasteiger partial charge in [0.1, 0.15) is 17.6 Å². The standard InChI is InChI=1S/C17H17ClFN3O3/c1-2-22-8-11-10(4-6-14(11)25-17(20)24)15(22)16(23)21-9-3-5-13(19)12(18)7-9/h3,5,7-8,14H,2,4,6H2,1H3,(H2,20,24)(H,21,23). The number of nitrogens with zero attached hydrogens (tertiary/aromatic N) is 1. The number of nitrogens with two attached hydrogens (primary N) is 1. The van der Waals surface area contributed by atoms with Crippen molar-refractivity contribution in [3.8, 4) is 0 Å². The predicted octanol–water partition coefficient (Wildman–Crippen LogP) is 3.64. The molecule has 2 amide bonds. The number of carbonyl (C=O) groups excluding carboxylic acids is 2. The van der Waals surface area contributed by atoms with Crippen LogP contribution in [-0.4, -0.2) is 16.6 Å². The summed E-state index contributed by atoms with van der Waals surface area (Å²) in [6, 6.07) is 3.99. The highest BCUT2D eigenvalue weighted by Gasteiger charge is 2.32. The van der Waals surface area contributed by atoms with Crippen molar-refractivity contribution in [1.29, 1.82) is 0 Å². The van der Waals surface area contributed by atoms with E-state index >= 15 is 0 Å². The summed E-state index contributed by atoms with van der Waals surface area (Å²) in [5, 5.41) is 2.66. The second kappa shape index (κ2) is 6.76. The molecule has 1 aliphatic rings. The minimum absolute atomic E-state index is 0.0659. The Morgan fingerprint density at radius 1 is 1.48 bits per heavy atom. The van der Waals surface area contributed by atoms with Gasteiger partial charge in [0.15, 0.2) is 0 Å². The van der Waals surface area contributed by atoms with Crippen LogP contribution < -0.4 is 11.1 Å². The minimum Gasteiger partial charge on any atom is -0.441 e. The molecule has 1 aromatic carbocycles. The summed E-state index contributed by atoms with van der Waals surface area (Å²) >= 11 is 5.75. The van der Waals surface area contributed by atoms with Crippen molar-refractivity contribution in [3.05, 3.63) is 52.1 Å². The molecule has 2 aromatic rings. The normalized spacial score (nSPS) is 15.7. The van der Waals surface area contributed by atoms with Gasteiger partial charge in [0.2, 0.25) is 0 Å². The average Bonchev–Trinajstić information content (AvgIpc) is 3.10. The van der Waals surface area contributed by atoms with Crippen LogP contribution in [0, 0.1) is 5.82 Å². The van der Waals surface area contributed by atoms with E-state index in [1.807, 2.05) is 13.1 Å². The zero-order valence-corrected chi connectivity index (χ0v) is 14.3. The molecule has 0 radical (unpaired) electrons. The fraction of sp³-hybridized carbons (Fsp3) is 0.294. The van der Waals surface area contributed by atoms with E-state index in [2.05, 4.69) is 5.32 Å². The third-order valence-corrected chi connectivity index (χ3v) is 4.50. The second-order valence-electron chi connectivity index (χ2n) is 5.74. The highest BCUT2D eigenvalue weighted by atomic mass is 35.5. The van der Waals surface area contributed by atoms with Gasteiger partial charge in [0.05, 0.1) is 5.02 Å². The van der Waals surface area contributed by atoms with Gasteiger partial charge in [-0.1, -0.05) is 11.6 Å². The number of carbonyl (C=O) groups is 2. The minimum atomic E-state index is -0.839. The Balaban J connectivity index is 1.90. The van der Waals surface area contributed by atoms with Crippen molar-refractivity contribution in [3.63, 3.8) is 0 Å². The number of fused-ring (bicyclic) bond motifs is 1. The molecule has 0 fully saturated rings. The van der Waals surface area contributed by atoms with Crippen LogP contribution in [0.4, 0.5) is 14.9 Å². The first kappa shape index (κ1) is 17.3. The first-order valence-electron chi connectivity index (χ1n) is 7.85. The molecule has 3 N–H and O–H groups in total. The molecule has 0 aliphatic heterocycles. The molecular formula is C17H17ClFN3O3. The second-order valence-corrected chi connectivity index (χ2v) is 6.15. The molecule has 1 heterocycles. The summed E-state index contributed by atoms with van der Waals surface area (Å²) in [6.07, 6.45) is 1.72. The van der Waals surface area contributed by atoms with Crippen molar-refractivity contribution in [1.82, 2.24) is 4.57 Å². The molecule has 1 unspecified atom stereocenters. The Morgan fingerprint density at radius 3 is 2.88 bits per heavy atom. The fourth-order valence-electron chi connectivity index (χ4n) is 3.14. The van der Waals surface area contributed by atoms with E-state index in [4.69, 9.17) is 22.1 Å². The molecule has 3 rings (SSSR count). The Kier molecular flexibility index (Phi) is 4.67. The summed E-state index contributed by atoms with van der Waals surface area (Å²) in [4.78, 5) is 23.8.